The van der Waals surface area contributed by atoms with Gasteiger partial charge in [-0.3, -0.25) is 4.79 Å². The third-order valence-electron chi connectivity index (χ3n) is 2.40. The molecule has 1 aliphatic rings. The topological polar surface area (TPSA) is 37.3 Å². The lowest BCUT2D eigenvalue weighted by molar-refractivity contribution is -0.140. The van der Waals surface area contributed by atoms with Gasteiger partial charge in [0.2, 0.25) is 0 Å². The lowest BCUT2D eigenvalue weighted by Gasteiger charge is -2.11. The molecule has 0 fully saturated rings. The molecule has 1 aliphatic carbocycles. The molecule has 0 aromatic carbocycles. The Morgan fingerprint density at radius 1 is 1.75 bits per heavy atom. The summed E-state index contributed by atoms with van der Waals surface area (Å²) in [6, 6.07) is 0. The number of hydrogen-bond donors (Lipinski definition) is 1. The zero-order chi connectivity index (χ0) is 8.97. The molecule has 12 heavy (non-hydrogen) atoms. The van der Waals surface area contributed by atoms with Gasteiger partial charge in [0.1, 0.15) is 0 Å². The number of rotatable bonds is 4. The van der Waals surface area contributed by atoms with Crippen LogP contribution in [0, 0.1) is 5.92 Å². The predicted octanol–water partition coefficient (Wildman–Crippen LogP) is 2.60. The average Bonchev–Trinajstić information content (AvgIpc) is 2.51. The van der Waals surface area contributed by atoms with Gasteiger partial charge >= 0.3 is 5.97 Å². The van der Waals surface area contributed by atoms with Crippen molar-refractivity contribution in [1.29, 1.82) is 0 Å². The molecule has 0 heterocycles. The van der Waals surface area contributed by atoms with Gasteiger partial charge in [-0.05, 0) is 25.7 Å². The molecule has 0 saturated carbocycles. The van der Waals surface area contributed by atoms with Gasteiger partial charge in [-0.15, -0.1) is 0 Å². The quantitative estimate of drug-likeness (QED) is 0.655. The van der Waals surface area contributed by atoms with Gasteiger partial charge in [-0.2, -0.15) is 0 Å². The van der Waals surface area contributed by atoms with Gasteiger partial charge in [0.15, 0.2) is 0 Å². The minimum atomic E-state index is -0.648. The second kappa shape index (κ2) is 4.29. The summed E-state index contributed by atoms with van der Waals surface area (Å²) in [5.41, 5.74) is 1.16. The first-order chi connectivity index (χ1) is 5.75. The molecule has 0 saturated heterocycles. The van der Waals surface area contributed by atoms with Crippen molar-refractivity contribution in [2.24, 2.45) is 5.92 Å². The fourth-order valence-electron chi connectivity index (χ4n) is 1.77. The van der Waals surface area contributed by atoms with E-state index in [0.717, 1.165) is 37.7 Å². The highest BCUT2D eigenvalue weighted by Gasteiger charge is 2.22. The van der Waals surface area contributed by atoms with E-state index in [9.17, 15) is 4.79 Å². The molecule has 0 radical (unpaired) electrons. The number of carboxylic acid groups (broad SMARTS) is 1. The Kier molecular flexibility index (Phi) is 3.32. The van der Waals surface area contributed by atoms with E-state index in [1.165, 1.54) is 0 Å². The van der Waals surface area contributed by atoms with Crippen molar-refractivity contribution in [3.8, 4) is 0 Å². The summed E-state index contributed by atoms with van der Waals surface area (Å²) in [7, 11) is 0. The first kappa shape index (κ1) is 9.30. The van der Waals surface area contributed by atoms with Gasteiger partial charge in [0, 0.05) is 0 Å². The van der Waals surface area contributed by atoms with Gasteiger partial charge in [-0.25, -0.2) is 0 Å². The van der Waals surface area contributed by atoms with Gasteiger partial charge in [0.05, 0.1) is 5.92 Å². The second-order valence-corrected chi connectivity index (χ2v) is 3.35. The molecule has 0 spiro atoms. The normalized spacial score (nSPS) is 18.9. The van der Waals surface area contributed by atoms with Crippen molar-refractivity contribution >= 4 is 5.97 Å². The molecular weight excluding hydrogens is 152 g/mol. The van der Waals surface area contributed by atoms with Crippen molar-refractivity contribution in [2.75, 3.05) is 0 Å². The fraction of sp³-hybridized carbons (Fsp3) is 0.700. The summed E-state index contributed by atoms with van der Waals surface area (Å²) in [5, 5.41) is 8.92. The molecule has 0 aromatic rings. The molecule has 1 atom stereocenters. The molecule has 2 heteroatoms. The van der Waals surface area contributed by atoms with Crippen molar-refractivity contribution in [3.05, 3.63) is 11.6 Å². The molecule has 0 unspecified atom stereocenters. The minimum absolute atomic E-state index is 0.197. The minimum Gasteiger partial charge on any atom is -0.481 e. The summed E-state index contributed by atoms with van der Waals surface area (Å²) in [4.78, 5) is 10.8. The van der Waals surface area contributed by atoms with Crippen molar-refractivity contribution in [3.63, 3.8) is 0 Å². The van der Waals surface area contributed by atoms with Crippen LogP contribution in [-0.4, -0.2) is 11.1 Å². The van der Waals surface area contributed by atoms with Crippen LogP contribution in [-0.2, 0) is 4.79 Å². The third kappa shape index (κ3) is 2.10. The maximum Gasteiger partial charge on any atom is 0.310 e. The number of hydrogen-bond acceptors (Lipinski definition) is 1. The van der Waals surface area contributed by atoms with Crippen LogP contribution in [0.25, 0.3) is 0 Å². The van der Waals surface area contributed by atoms with Crippen LogP contribution in [0.4, 0.5) is 0 Å². The summed E-state index contributed by atoms with van der Waals surface area (Å²) in [6.07, 6.45) is 7.06. The Morgan fingerprint density at radius 2 is 2.50 bits per heavy atom. The molecule has 0 amide bonds. The van der Waals surface area contributed by atoms with E-state index in [0.29, 0.717) is 0 Å². The van der Waals surface area contributed by atoms with Crippen molar-refractivity contribution in [2.45, 2.75) is 39.0 Å². The SMILES string of the molecule is CCC[C@H](C(=O)O)C1=CCCC1. The van der Waals surface area contributed by atoms with E-state index in [2.05, 4.69) is 6.08 Å². The highest BCUT2D eigenvalue weighted by atomic mass is 16.4. The van der Waals surface area contributed by atoms with E-state index >= 15 is 0 Å². The van der Waals surface area contributed by atoms with Gasteiger partial charge < -0.3 is 5.11 Å². The lowest BCUT2D eigenvalue weighted by atomic mass is 9.94. The van der Waals surface area contributed by atoms with Crippen LogP contribution in [0.2, 0.25) is 0 Å². The van der Waals surface area contributed by atoms with Crippen molar-refractivity contribution < 1.29 is 9.90 Å². The standard InChI is InChI=1S/C10H16O2/c1-2-5-9(10(11)12)8-6-3-4-7-8/h6,9H,2-5,7H2,1H3,(H,11,12)/t9-/m0/s1. The Morgan fingerprint density at radius 3 is 2.92 bits per heavy atom. The molecule has 68 valence electrons. The van der Waals surface area contributed by atoms with E-state index in [4.69, 9.17) is 5.11 Å². The van der Waals surface area contributed by atoms with E-state index < -0.39 is 5.97 Å². The van der Waals surface area contributed by atoms with Crippen LogP contribution < -0.4 is 0 Å². The fourth-order valence-corrected chi connectivity index (χ4v) is 1.77. The smallest absolute Gasteiger partial charge is 0.310 e. The van der Waals surface area contributed by atoms with E-state index in [1.807, 2.05) is 6.92 Å². The predicted molar refractivity (Wildman–Crippen MR) is 48.0 cm³/mol. The molecule has 0 aliphatic heterocycles. The third-order valence-corrected chi connectivity index (χ3v) is 2.40. The highest BCUT2D eigenvalue weighted by molar-refractivity contribution is 5.73. The number of carboxylic acids is 1. The van der Waals surface area contributed by atoms with Gasteiger partial charge in [-0.1, -0.05) is 25.0 Å². The first-order valence-electron chi connectivity index (χ1n) is 4.67. The van der Waals surface area contributed by atoms with Crippen molar-refractivity contribution in [1.82, 2.24) is 0 Å². The Bertz CT molecular complexity index is 194. The van der Waals surface area contributed by atoms with E-state index in [-0.39, 0.29) is 5.92 Å². The largest absolute Gasteiger partial charge is 0.481 e. The summed E-state index contributed by atoms with van der Waals surface area (Å²) in [6.45, 7) is 2.03. The second-order valence-electron chi connectivity index (χ2n) is 3.35. The number of aliphatic carboxylic acids is 1. The molecule has 2 nitrogen and oxygen atoms in total. The molecule has 1 N–H and O–H groups in total. The average molecular weight is 168 g/mol. The summed E-state index contributed by atoms with van der Waals surface area (Å²) >= 11 is 0. The van der Waals surface area contributed by atoms with Crippen LogP contribution in [0.15, 0.2) is 11.6 Å². The van der Waals surface area contributed by atoms with Crippen LogP contribution in [0.5, 0.6) is 0 Å². The van der Waals surface area contributed by atoms with Crippen LogP contribution in [0.1, 0.15) is 39.0 Å². The zero-order valence-electron chi connectivity index (χ0n) is 7.55. The Labute approximate surface area is 73.3 Å². The van der Waals surface area contributed by atoms with Gasteiger partial charge in [0.25, 0.3) is 0 Å². The zero-order valence-corrected chi connectivity index (χ0v) is 7.55. The van der Waals surface area contributed by atoms with Crippen LogP contribution in [0.3, 0.4) is 0 Å². The Hall–Kier alpha value is -0.790. The first-order valence-corrected chi connectivity index (χ1v) is 4.67. The summed E-state index contributed by atoms with van der Waals surface area (Å²) < 4.78 is 0. The molecular formula is C10H16O2. The van der Waals surface area contributed by atoms with Crippen LogP contribution >= 0.6 is 0 Å². The highest BCUT2D eigenvalue weighted by Crippen LogP contribution is 2.28. The molecule has 1 rings (SSSR count). The maximum absolute atomic E-state index is 10.8. The Balaban J connectivity index is 2.58. The summed E-state index contributed by atoms with van der Waals surface area (Å²) in [5.74, 6) is -0.845. The molecule has 0 bridgehead atoms. The number of carbonyl (C=O) groups is 1. The van der Waals surface area contributed by atoms with E-state index in [1.54, 1.807) is 0 Å². The molecule has 0 aromatic heterocycles. The monoisotopic (exact) mass is 168 g/mol. The lowest BCUT2D eigenvalue weighted by Crippen LogP contribution is -2.15. The number of allylic oxidation sites excluding steroid dienone is 1. The maximum atomic E-state index is 10.8.